The number of hydrogen-bond acceptors (Lipinski definition) is 3. The van der Waals surface area contributed by atoms with E-state index in [9.17, 15) is 4.79 Å². The molecule has 100 valence electrons. The molecule has 0 bridgehead atoms. The van der Waals surface area contributed by atoms with E-state index in [1.54, 1.807) is 18.9 Å². The summed E-state index contributed by atoms with van der Waals surface area (Å²) in [6, 6.07) is 5.58. The van der Waals surface area contributed by atoms with E-state index in [2.05, 4.69) is 6.07 Å². The van der Waals surface area contributed by atoms with Crippen molar-refractivity contribution in [2.75, 3.05) is 20.2 Å². The second-order valence-electron chi connectivity index (χ2n) is 4.67. The van der Waals surface area contributed by atoms with Crippen LogP contribution in [-0.2, 0) is 4.79 Å². The third kappa shape index (κ3) is 4.04. The molecule has 1 aromatic carbocycles. The lowest BCUT2D eigenvalue weighted by atomic mass is 10.1. The van der Waals surface area contributed by atoms with Crippen LogP contribution in [0.15, 0.2) is 18.2 Å². The summed E-state index contributed by atoms with van der Waals surface area (Å²) in [5, 5.41) is 0. The first-order chi connectivity index (χ1) is 8.41. The van der Waals surface area contributed by atoms with Gasteiger partial charge in [-0.1, -0.05) is 17.7 Å². The molecule has 1 rings (SSSR count). The number of hydrogen-bond donors (Lipinski definition) is 1. The number of amides is 1. The summed E-state index contributed by atoms with van der Waals surface area (Å²) in [6.07, 6.45) is 0. The number of nitrogens with two attached hydrogens (primary N) is 1. The van der Waals surface area contributed by atoms with Crippen LogP contribution in [0.5, 0.6) is 5.75 Å². The van der Waals surface area contributed by atoms with Crippen LogP contribution in [0.4, 0.5) is 0 Å². The van der Waals surface area contributed by atoms with E-state index in [4.69, 9.17) is 10.5 Å². The highest BCUT2D eigenvalue weighted by molar-refractivity contribution is 5.80. The fourth-order valence-electron chi connectivity index (χ4n) is 1.71. The summed E-state index contributed by atoms with van der Waals surface area (Å²) in [6.45, 7) is 6.75. The van der Waals surface area contributed by atoms with E-state index < -0.39 is 6.04 Å². The number of benzene rings is 1. The molecule has 0 saturated carbocycles. The van der Waals surface area contributed by atoms with E-state index >= 15 is 0 Å². The van der Waals surface area contributed by atoms with Gasteiger partial charge in [-0.05, 0) is 32.4 Å². The van der Waals surface area contributed by atoms with Gasteiger partial charge in [0.15, 0.2) is 0 Å². The standard InChI is InChI=1S/C14H22N2O2/c1-10-5-6-13(11(2)9-10)18-8-7-16(4)14(17)12(3)15/h5-6,9,12H,7-8,15H2,1-4H3. The van der Waals surface area contributed by atoms with E-state index in [1.165, 1.54) is 5.56 Å². The zero-order chi connectivity index (χ0) is 13.7. The molecular weight excluding hydrogens is 228 g/mol. The van der Waals surface area contributed by atoms with Crippen molar-refractivity contribution in [2.45, 2.75) is 26.8 Å². The minimum atomic E-state index is -0.462. The molecule has 1 atom stereocenters. The van der Waals surface area contributed by atoms with Gasteiger partial charge in [0, 0.05) is 7.05 Å². The summed E-state index contributed by atoms with van der Waals surface area (Å²) >= 11 is 0. The van der Waals surface area contributed by atoms with Gasteiger partial charge in [-0.15, -0.1) is 0 Å². The Morgan fingerprint density at radius 1 is 1.44 bits per heavy atom. The van der Waals surface area contributed by atoms with Gasteiger partial charge >= 0.3 is 0 Å². The van der Waals surface area contributed by atoms with Crippen molar-refractivity contribution in [3.63, 3.8) is 0 Å². The number of rotatable bonds is 5. The Morgan fingerprint density at radius 2 is 2.11 bits per heavy atom. The number of ether oxygens (including phenoxy) is 1. The third-order valence-corrected chi connectivity index (χ3v) is 2.78. The predicted molar refractivity (Wildman–Crippen MR) is 72.7 cm³/mol. The van der Waals surface area contributed by atoms with Crippen molar-refractivity contribution in [3.8, 4) is 5.75 Å². The monoisotopic (exact) mass is 250 g/mol. The maximum absolute atomic E-state index is 11.5. The first-order valence-corrected chi connectivity index (χ1v) is 6.12. The number of likely N-dealkylation sites (N-methyl/N-ethyl adjacent to an activating group) is 1. The summed E-state index contributed by atoms with van der Waals surface area (Å²) in [7, 11) is 1.73. The maximum atomic E-state index is 11.5. The molecule has 0 aromatic heterocycles. The van der Waals surface area contributed by atoms with Gasteiger partial charge in [0.05, 0.1) is 12.6 Å². The molecule has 0 heterocycles. The van der Waals surface area contributed by atoms with E-state index in [0.29, 0.717) is 13.2 Å². The highest BCUT2D eigenvalue weighted by Gasteiger charge is 2.12. The predicted octanol–water partition coefficient (Wildman–Crippen LogP) is 1.49. The molecule has 18 heavy (non-hydrogen) atoms. The van der Waals surface area contributed by atoms with E-state index in [1.807, 2.05) is 26.0 Å². The lowest BCUT2D eigenvalue weighted by Gasteiger charge is -2.19. The molecule has 0 aliphatic heterocycles. The molecule has 0 fully saturated rings. The van der Waals surface area contributed by atoms with Gasteiger partial charge in [-0.2, -0.15) is 0 Å². The van der Waals surface area contributed by atoms with Gasteiger partial charge in [-0.25, -0.2) is 0 Å². The van der Waals surface area contributed by atoms with Crippen molar-refractivity contribution in [3.05, 3.63) is 29.3 Å². The summed E-state index contributed by atoms with van der Waals surface area (Å²) in [5.41, 5.74) is 7.85. The molecule has 1 unspecified atom stereocenters. The number of nitrogens with zero attached hydrogens (tertiary/aromatic N) is 1. The average Bonchev–Trinajstić information content (AvgIpc) is 2.30. The van der Waals surface area contributed by atoms with Gasteiger partial charge in [0.1, 0.15) is 12.4 Å². The van der Waals surface area contributed by atoms with Gasteiger partial charge < -0.3 is 15.4 Å². The topological polar surface area (TPSA) is 55.6 Å². The minimum absolute atomic E-state index is 0.0702. The Kier molecular flexibility index (Phi) is 5.16. The largest absolute Gasteiger partial charge is 0.491 e. The second kappa shape index (κ2) is 6.40. The molecule has 1 aromatic rings. The van der Waals surface area contributed by atoms with Crippen molar-refractivity contribution >= 4 is 5.91 Å². The first kappa shape index (κ1) is 14.5. The van der Waals surface area contributed by atoms with Crippen molar-refractivity contribution in [1.82, 2.24) is 4.90 Å². The molecule has 4 heteroatoms. The number of carbonyl (C=O) groups is 1. The smallest absolute Gasteiger partial charge is 0.239 e. The highest BCUT2D eigenvalue weighted by atomic mass is 16.5. The maximum Gasteiger partial charge on any atom is 0.239 e. The Labute approximate surface area is 109 Å². The lowest BCUT2D eigenvalue weighted by Crippen LogP contribution is -2.41. The van der Waals surface area contributed by atoms with Crippen molar-refractivity contribution in [2.24, 2.45) is 5.73 Å². The van der Waals surface area contributed by atoms with Gasteiger partial charge in [0.25, 0.3) is 0 Å². The molecule has 0 spiro atoms. The molecular formula is C14H22N2O2. The molecule has 1 amide bonds. The van der Waals surface area contributed by atoms with E-state index in [0.717, 1.165) is 11.3 Å². The number of aryl methyl sites for hydroxylation is 2. The molecule has 0 aliphatic rings. The fourth-order valence-corrected chi connectivity index (χ4v) is 1.71. The van der Waals surface area contributed by atoms with Gasteiger partial charge in [-0.3, -0.25) is 4.79 Å². The average molecular weight is 250 g/mol. The van der Waals surface area contributed by atoms with Crippen molar-refractivity contribution < 1.29 is 9.53 Å². The fraction of sp³-hybridized carbons (Fsp3) is 0.500. The second-order valence-corrected chi connectivity index (χ2v) is 4.67. The van der Waals surface area contributed by atoms with Crippen LogP contribution in [0.3, 0.4) is 0 Å². The summed E-state index contributed by atoms with van der Waals surface area (Å²) in [4.78, 5) is 13.1. The Balaban J connectivity index is 2.44. The summed E-state index contributed by atoms with van der Waals surface area (Å²) < 4.78 is 5.66. The lowest BCUT2D eigenvalue weighted by molar-refractivity contribution is -0.131. The third-order valence-electron chi connectivity index (χ3n) is 2.78. The molecule has 2 N–H and O–H groups in total. The first-order valence-electron chi connectivity index (χ1n) is 6.12. The zero-order valence-electron chi connectivity index (χ0n) is 11.6. The number of carbonyl (C=O) groups excluding carboxylic acids is 1. The van der Waals surface area contributed by atoms with Gasteiger partial charge in [0.2, 0.25) is 5.91 Å². The molecule has 0 saturated heterocycles. The Morgan fingerprint density at radius 3 is 2.67 bits per heavy atom. The van der Waals surface area contributed by atoms with Crippen LogP contribution in [0.1, 0.15) is 18.1 Å². The molecule has 0 radical (unpaired) electrons. The van der Waals surface area contributed by atoms with Crippen LogP contribution in [-0.4, -0.2) is 37.0 Å². The van der Waals surface area contributed by atoms with Crippen LogP contribution in [0, 0.1) is 13.8 Å². The minimum Gasteiger partial charge on any atom is -0.491 e. The van der Waals surface area contributed by atoms with Crippen molar-refractivity contribution in [1.29, 1.82) is 0 Å². The summed E-state index contributed by atoms with van der Waals surface area (Å²) in [5.74, 6) is 0.793. The van der Waals surface area contributed by atoms with Crippen LogP contribution in [0.2, 0.25) is 0 Å². The molecule has 4 nitrogen and oxygen atoms in total. The normalized spacial score (nSPS) is 12.1. The zero-order valence-corrected chi connectivity index (χ0v) is 11.6. The highest BCUT2D eigenvalue weighted by Crippen LogP contribution is 2.18. The van der Waals surface area contributed by atoms with Crippen LogP contribution in [0.25, 0.3) is 0 Å². The Hall–Kier alpha value is -1.55. The quantitative estimate of drug-likeness (QED) is 0.861. The van der Waals surface area contributed by atoms with E-state index in [-0.39, 0.29) is 5.91 Å². The Bertz CT molecular complexity index is 416. The van der Waals surface area contributed by atoms with Crippen LogP contribution >= 0.6 is 0 Å². The SMILES string of the molecule is Cc1ccc(OCCN(C)C(=O)C(C)N)c(C)c1. The molecule has 0 aliphatic carbocycles. The van der Waals surface area contributed by atoms with Crippen LogP contribution < -0.4 is 10.5 Å².